The van der Waals surface area contributed by atoms with E-state index in [1.54, 1.807) is 11.3 Å². The number of nitrogens with two attached hydrogens (primary N) is 1. The molecule has 1 aromatic rings. The van der Waals surface area contributed by atoms with Crippen LogP contribution in [0, 0.1) is 0 Å². The summed E-state index contributed by atoms with van der Waals surface area (Å²) in [6.45, 7) is 7.53. The normalized spacial score (nSPS) is 22.1. The van der Waals surface area contributed by atoms with Crippen molar-refractivity contribution in [3.05, 3.63) is 19.2 Å². The summed E-state index contributed by atoms with van der Waals surface area (Å²) in [4.78, 5) is 3.72. The van der Waals surface area contributed by atoms with Gasteiger partial charge in [-0.1, -0.05) is 0 Å². The molecule has 2 heterocycles. The van der Waals surface area contributed by atoms with Crippen molar-refractivity contribution in [2.24, 2.45) is 5.73 Å². The van der Waals surface area contributed by atoms with Gasteiger partial charge in [0, 0.05) is 29.0 Å². The quantitative estimate of drug-likeness (QED) is 0.849. The second-order valence-electron chi connectivity index (χ2n) is 5.10. The molecule has 2 rings (SSSR count). The molecule has 1 fully saturated rings. The molecule has 1 saturated heterocycles. The van der Waals surface area contributed by atoms with Gasteiger partial charge in [-0.25, -0.2) is 0 Å². The third kappa shape index (κ3) is 3.35. The molecule has 18 heavy (non-hydrogen) atoms. The maximum Gasteiger partial charge on any atom is 0.0843 e. The number of hydrogen-bond donors (Lipinski definition) is 1. The van der Waals surface area contributed by atoms with E-state index in [2.05, 4.69) is 56.7 Å². The minimum absolute atomic E-state index is 0.0859. The van der Waals surface area contributed by atoms with Crippen LogP contribution < -0.4 is 5.73 Å². The third-order valence-corrected chi connectivity index (χ3v) is 6.47. The fraction of sp³-hybridized carbons (Fsp3) is 0.667. The highest BCUT2D eigenvalue weighted by Gasteiger charge is 2.32. The Hall–Kier alpha value is 0.540. The van der Waals surface area contributed by atoms with Crippen LogP contribution in [0.3, 0.4) is 0 Å². The van der Waals surface area contributed by atoms with Gasteiger partial charge in [0.15, 0.2) is 0 Å². The number of rotatable bonds is 3. The molecule has 3 nitrogen and oxygen atoms in total. The van der Waals surface area contributed by atoms with Crippen molar-refractivity contribution >= 4 is 43.2 Å². The summed E-state index contributed by atoms with van der Waals surface area (Å²) in [6.07, 6.45) is 0. The predicted molar refractivity (Wildman–Crippen MR) is 83.1 cm³/mol. The first-order chi connectivity index (χ1) is 8.43. The lowest BCUT2D eigenvalue weighted by Crippen LogP contribution is -2.50. The van der Waals surface area contributed by atoms with Crippen LogP contribution in [-0.2, 0) is 4.74 Å². The molecule has 2 N–H and O–H groups in total. The number of halogens is 2. The van der Waals surface area contributed by atoms with Gasteiger partial charge in [-0.3, -0.25) is 4.90 Å². The predicted octanol–water partition coefficient (Wildman–Crippen LogP) is 3.38. The first-order valence-corrected chi connectivity index (χ1v) is 8.36. The highest BCUT2D eigenvalue weighted by molar-refractivity contribution is 9.13. The topological polar surface area (TPSA) is 38.5 Å². The van der Waals surface area contributed by atoms with E-state index in [0.717, 1.165) is 28.0 Å². The SMILES string of the molecule is CC1(C)CN(C(CN)c2cc(Br)c(Br)s2)CCO1. The molecule has 0 aliphatic carbocycles. The van der Waals surface area contributed by atoms with Crippen LogP contribution in [-0.4, -0.2) is 36.7 Å². The van der Waals surface area contributed by atoms with E-state index < -0.39 is 0 Å². The van der Waals surface area contributed by atoms with E-state index in [0.29, 0.717) is 6.54 Å². The fourth-order valence-electron chi connectivity index (χ4n) is 2.29. The number of ether oxygens (including phenoxy) is 1. The molecule has 0 amide bonds. The van der Waals surface area contributed by atoms with Gasteiger partial charge in [-0.05, 0) is 51.8 Å². The Morgan fingerprint density at radius 3 is 2.78 bits per heavy atom. The van der Waals surface area contributed by atoms with Crippen LogP contribution >= 0.6 is 43.2 Å². The van der Waals surface area contributed by atoms with Crippen molar-refractivity contribution in [3.8, 4) is 0 Å². The number of nitrogens with zero attached hydrogens (tertiary/aromatic N) is 1. The lowest BCUT2D eigenvalue weighted by molar-refractivity contribution is -0.0964. The molecule has 1 unspecified atom stereocenters. The van der Waals surface area contributed by atoms with E-state index in [-0.39, 0.29) is 11.6 Å². The van der Waals surface area contributed by atoms with Crippen LogP contribution in [0.25, 0.3) is 0 Å². The Bertz CT molecular complexity index is 403. The molecule has 1 aliphatic rings. The average Bonchev–Trinajstić information content (AvgIpc) is 2.58. The van der Waals surface area contributed by atoms with E-state index in [9.17, 15) is 0 Å². The lowest BCUT2D eigenvalue weighted by Gasteiger charge is -2.41. The number of morpholine rings is 1. The van der Waals surface area contributed by atoms with Crippen molar-refractivity contribution in [1.82, 2.24) is 4.90 Å². The van der Waals surface area contributed by atoms with Crippen LogP contribution in [0.5, 0.6) is 0 Å². The van der Waals surface area contributed by atoms with Crippen molar-refractivity contribution in [3.63, 3.8) is 0 Å². The monoisotopic (exact) mass is 396 g/mol. The molecule has 0 spiro atoms. The molecular weight excluding hydrogens is 380 g/mol. The largest absolute Gasteiger partial charge is 0.373 e. The van der Waals surface area contributed by atoms with E-state index in [1.165, 1.54) is 4.88 Å². The fourth-order valence-corrected chi connectivity index (χ4v) is 4.53. The third-order valence-electron chi connectivity index (χ3n) is 3.11. The highest BCUT2D eigenvalue weighted by Crippen LogP contribution is 2.38. The zero-order valence-corrected chi connectivity index (χ0v) is 14.6. The summed E-state index contributed by atoms with van der Waals surface area (Å²) in [7, 11) is 0. The summed E-state index contributed by atoms with van der Waals surface area (Å²) >= 11 is 8.84. The summed E-state index contributed by atoms with van der Waals surface area (Å²) < 4.78 is 7.99. The van der Waals surface area contributed by atoms with Gasteiger partial charge in [0.25, 0.3) is 0 Å². The van der Waals surface area contributed by atoms with Gasteiger partial charge in [0.1, 0.15) is 0 Å². The van der Waals surface area contributed by atoms with Gasteiger partial charge < -0.3 is 10.5 Å². The summed E-state index contributed by atoms with van der Waals surface area (Å²) in [5.41, 5.74) is 5.89. The van der Waals surface area contributed by atoms with Crippen molar-refractivity contribution in [2.75, 3.05) is 26.2 Å². The van der Waals surface area contributed by atoms with Crippen LogP contribution in [0.1, 0.15) is 24.8 Å². The van der Waals surface area contributed by atoms with E-state index in [4.69, 9.17) is 10.5 Å². The first kappa shape index (κ1) is 14.9. The Morgan fingerprint density at radius 2 is 2.28 bits per heavy atom. The zero-order valence-electron chi connectivity index (χ0n) is 10.6. The van der Waals surface area contributed by atoms with Gasteiger partial charge in [-0.15, -0.1) is 11.3 Å². The maximum absolute atomic E-state index is 5.98. The molecule has 0 saturated carbocycles. The lowest BCUT2D eigenvalue weighted by atomic mass is 10.0. The molecule has 0 bridgehead atoms. The van der Waals surface area contributed by atoms with Crippen LogP contribution in [0.2, 0.25) is 0 Å². The Balaban J connectivity index is 2.18. The zero-order chi connectivity index (χ0) is 13.3. The van der Waals surface area contributed by atoms with E-state index in [1.807, 2.05) is 0 Å². The van der Waals surface area contributed by atoms with Gasteiger partial charge in [0.2, 0.25) is 0 Å². The summed E-state index contributed by atoms with van der Waals surface area (Å²) in [6, 6.07) is 2.44. The van der Waals surface area contributed by atoms with Crippen LogP contribution in [0.4, 0.5) is 0 Å². The van der Waals surface area contributed by atoms with Gasteiger partial charge in [0.05, 0.1) is 22.0 Å². The molecule has 1 aliphatic heterocycles. The molecule has 0 radical (unpaired) electrons. The average molecular weight is 398 g/mol. The second kappa shape index (κ2) is 5.89. The summed E-state index contributed by atoms with van der Waals surface area (Å²) in [5, 5.41) is 0. The Kier molecular flexibility index (Phi) is 4.89. The maximum atomic E-state index is 5.98. The van der Waals surface area contributed by atoms with Gasteiger partial charge in [-0.2, -0.15) is 0 Å². The molecule has 1 atom stereocenters. The van der Waals surface area contributed by atoms with Crippen molar-refractivity contribution in [1.29, 1.82) is 0 Å². The number of hydrogen-bond acceptors (Lipinski definition) is 4. The van der Waals surface area contributed by atoms with Crippen LogP contribution in [0.15, 0.2) is 14.3 Å². The Morgan fingerprint density at radius 1 is 1.56 bits per heavy atom. The number of thiophene rings is 1. The molecule has 1 aromatic heterocycles. The van der Waals surface area contributed by atoms with Gasteiger partial charge >= 0.3 is 0 Å². The first-order valence-electron chi connectivity index (χ1n) is 5.96. The molecule has 102 valence electrons. The van der Waals surface area contributed by atoms with Crippen molar-refractivity contribution in [2.45, 2.75) is 25.5 Å². The van der Waals surface area contributed by atoms with Crippen molar-refractivity contribution < 1.29 is 4.74 Å². The molecule has 6 heteroatoms. The second-order valence-corrected chi connectivity index (χ2v) is 8.36. The molecular formula is C12H18Br2N2OS. The minimum Gasteiger partial charge on any atom is -0.373 e. The molecule has 0 aromatic carbocycles. The smallest absolute Gasteiger partial charge is 0.0843 e. The highest BCUT2D eigenvalue weighted by atomic mass is 79.9. The van der Waals surface area contributed by atoms with E-state index >= 15 is 0 Å². The standard InChI is InChI=1S/C12H18Br2N2OS/c1-12(2)7-16(3-4-17-12)9(6-15)10-5-8(13)11(14)18-10/h5,9H,3-4,6-7,15H2,1-2H3. The summed E-state index contributed by atoms with van der Waals surface area (Å²) in [5.74, 6) is 0. The minimum atomic E-state index is -0.0859. The Labute approximate surface area is 129 Å².